The molecule has 0 saturated carbocycles. The third kappa shape index (κ3) is 2.95. The van der Waals surface area contributed by atoms with Gasteiger partial charge < -0.3 is 10.4 Å². The van der Waals surface area contributed by atoms with Crippen molar-refractivity contribution in [2.24, 2.45) is 0 Å². The van der Waals surface area contributed by atoms with Crippen LogP contribution in [0, 0.1) is 0 Å². The Bertz CT molecular complexity index is 328. The zero-order valence-corrected chi connectivity index (χ0v) is 9.10. The number of amides is 1. The van der Waals surface area contributed by atoms with Gasteiger partial charge in [0.15, 0.2) is 9.84 Å². The summed E-state index contributed by atoms with van der Waals surface area (Å²) in [6.45, 7) is 2.73. The molecule has 0 spiro atoms. The van der Waals surface area contributed by atoms with Gasteiger partial charge in [-0.25, -0.2) is 8.42 Å². The first-order chi connectivity index (χ1) is 6.21. The molecule has 0 radical (unpaired) electrons. The van der Waals surface area contributed by atoms with E-state index in [-0.39, 0.29) is 17.5 Å². The monoisotopic (exact) mass is 221 g/mol. The maximum absolute atomic E-state index is 11.3. The van der Waals surface area contributed by atoms with Crippen LogP contribution in [0.15, 0.2) is 0 Å². The minimum atomic E-state index is -2.98. The van der Waals surface area contributed by atoms with Crippen LogP contribution in [-0.4, -0.2) is 42.6 Å². The first kappa shape index (κ1) is 11.5. The molecule has 1 unspecified atom stereocenters. The first-order valence-electron chi connectivity index (χ1n) is 4.44. The molecular weight excluding hydrogens is 206 g/mol. The summed E-state index contributed by atoms with van der Waals surface area (Å²) in [4.78, 5) is 11.3. The molecule has 0 aliphatic carbocycles. The van der Waals surface area contributed by atoms with Crippen molar-refractivity contribution in [3.8, 4) is 0 Å². The van der Waals surface area contributed by atoms with E-state index in [1.54, 1.807) is 0 Å². The predicted octanol–water partition coefficient (Wildman–Crippen LogP) is -0.939. The highest BCUT2D eigenvalue weighted by Gasteiger charge is 2.32. The summed E-state index contributed by atoms with van der Waals surface area (Å²) in [5.74, 6) is -0.432. The zero-order chi connectivity index (χ0) is 11.0. The van der Waals surface area contributed by atoms with Gasteiger partial charge in [-0.15, -0.1) is 0 Å². The number of carbonyl (C=O) groups excluding carboxylic acids is 1. The number of carbonyl (C=O) groups is 1. The lowest BCUT2D eigenvalue weighted by atomic mass is 10.1. The van der Waals surface area contributed by atoms with Gasteiger partial charge in [-0.2, -0.15) is 0 Å². The van der Waals surface area contributed by atoms with Crippen LogP contribution < -0.4 is 5.32 Å². The summed E-state index contributed by atoms with van der Waals surface area (Å²) in [5, 5.41) is 11.8. The highest BCUT2D eigenvalue weighted by molar-refractivity contribution is 7.91. The molecule has 6 heteroatoms. The Kier molecular flexibility index (Phi) is 2.87. The highest BCUT2D eigenvalue weighted by Crippen LogP contribution is 2.12. The maximum atomic E-state index is 11.3. The third-order valence-corrected chi connectivity index (χ3v) is 3.89. The zero-order valence-electron chi connectivity index (χ0n) is 8.28. The van der Waals surface area contributed by atoms with E-state index in [9.17, 15) is 18.3 Å². The molecule has 1 atom stereocenters. The molecular formula is C8H15NO4S. The standard InChI is InChI=1S/C8H15NO4S/c1-8(2,11)7(10)9-6-3-4-14(12,13)5-6/h6,11H,3-5H2,1-2H3,(H,9,10). The average Bonchev–Trinajstić information content (AvgIpc) is 2.28. The van der Waals surface area contributed by atoms with Gasteiger partial charge in [0, 0.05) is 6.04 Å². The molecule has 0 aromatic heterocycles. The van der Waals surface area contributed by atoms with E-state index < -0.39 is 21.3 Å². The smallest absolute Gasteiger partial charge is 0.251 e. The summed E-state index contributed by atoms with van der Waals surface area (Å²) in [5.41, 5.74) is -1.45. The third-order valence-electron chi connectivity index (χ3n) is 2.12. The fraction of sp³-hybridized carbons (Fsp3) is 0.875. The van der Waals surface area contributed by atoms with Crippen LogP contribution in [-0.2, 0) is 14.6 Å². The molecule has 1 fully saturated rings. The molecule has 1 rings (SSSR count). The number of aliphatic hydroxyl groups is 1. The molecule has 1 saturated heterocycles. The van der Waals surface area contributed by atoms with Crippen molar-refractivity contribution in [1.82, 2.24) is 5.32 Å². The van der Waals surface area contributed by atoms with E-state index in [0.29, 0.717) is 6.42 Å². The van der Waals surface area contributed by atoms with Crippen molar-refractivity contribution in [1.29, 1.82) is 0 Å². The summed E-state index contributed by atoms with van der Waals surface area (Å²) in [6.07, 6.45) is 0.435. The molecule has 82 valence electrons. The van der Waals surface area contributed by atoms with Crippen LogP contribution in [0.25, 0.3) is 0 Å². The first-order valence-corrected chi connectivity index (χ1v) is 6.26. The normalized spacial score (nSPS) is 26.1. The van der Waals surface area contributed by atoms with E-state index in [4.69, 9.17) is 0 Å². The molecule has 0 bridgehead atoms. The summed E-state index contributed by atoms with van der Waals surface area (Å²) >= 11 is 0. The second kappa shape index (κ2) is 3.51. The van der Waals surface area contributed by atoms with Crippen molar-refractivity contribution >= 4 is 15.7 Å². The van der Waals surface area contributed by atoms with E-state index in [1.165, 1.54) is 13.8 Å². The molecule has 0 aromatic rings. The van der Waals surface area contributed by atoms with E-state index in [0.717, 1.165) is 0 Å². The fourth-order valence-corrected chi connectivity index (χ4v) is 2.94. The Labute approximate surface area is 83.4 Å². The van der Waals surface area contributed by atoms with Gasteiger partial charge in [-0.1, -0.05) is 0 Å². The second-order valence-electron chi connectivity index (χ2n) is 4.13. The predicted molar refractivity (Wildman–Crippen MR) is 51.5 cm³/mol. The molecule has 1 aliphatic heterocycles. The van der Waals surface area contributed by atoms with Gasteiger partial charge in [0.2, 0.25) is 0 Å². The Hall–Kier alpha value is -0.620. The van der Waals surface area contributed by atoms with Crippen LogP contribution in [0.5, 0.6) is 0 Å². The lowest BCUT2D eigenvalue weighted by Crippen LogP contribution is -2.47. The van der Waals surface area contributed by atoms with Crippen molar-refractivity contribution in [2.45, 2.75) is 31.9 Å². The maximum Gasteiger partial charge on any atom is 0.251 e. The van der Waals surface area contributed by atoms with Gasteiger partial charge in [0.25, 0.3) is 5.91 Å². The summed E-state index contributed by atoms with van der Waals surface area (Å²) in [7, 11) is -2.98. The molecule has 2 N–H and O–H groups in total. The van der Waals surface area contributed by atoms with Crippen molar-refractivity contribution in [3.05, 3.63) is 0 Å². The van der Waals surface area contributed by atoms with E-state index in [2.05, 4.69) is 5.32 Å². The van der Waals surface area contributed by atoms with Crippen molar-refractivity contribution < 1.29 is 18.3 Å². The lowest BCUT2D eigenvalue weighted by Gasteiger charge is -2.19. The topological polar surface area (TPSA) is 83.5 Å². The number of hydrogen-bond acceptors (Lipinski definition) is 4. The molecule has 5 nitrogen and oxygen atoms in total. The minimum Gasteiger partial charge on any atom is -0.381 e. The quantitative estimate of drug-likeness (QED) is 0.630. The fourth-order valence-electron chi connectivity index (χ4n) is 1.27. The molecule has 1 aliphatic rings. The number of rotatable bonds is 2. The Morgan fingerprint density at radius 3 is 2.43 bits per heavy atom. The van der Waals surface area contributed by atoms with Crippen LogP contribution in [0.3, 0.4) is 0 Å². The van der Waals surface area contributed by atoms with Crippen LogP contribution in [0.1, 0.15) is 20.3 Å². The van der Waals surface area contributed by atoms with Gasteiger partial charge in [-0.3, -0.25) is 4.79 Å². The number of sulfone groups is 1. The molecule has 14 heavy (non-hydrogen) atoms. The Balaban J connectivity index is 2.53. The van der Waals surface area contributed by atoms with Gasteiger partial charge in [0.1, 0.15) is 5.60 Å². The second-order valence-corrected chi connectivity index (χ2v) is 6.36. The average molecular weight is 221 g/mol. The number of hydrogen-bond donors (Lipinski definition) is 2. The summed E-state index contributed by atoms with van der Waals surface area (Å²) in [6, 6.07) is -0.348. The van der Waals surface area contributed by atoms with E-state index >= 15 is 0 Å². The highest BCUT2D eigenvalue weighted by atomic mass is 32.2. The Morgan fingerprint density at radius 2 is 2.07 bits per heavy atom. The van der Waals surface area contributed by atoms with Crippen LogP contribution >= 0.6 is 0 Å². The lowest BCUT2D eigenvalue weighted by molar-refractivity contribution is -0.137. The largest absolute Gasteiger partial charge is 0.381 e. The SMILES string of the molecule is CC(C)(O)C(=O)NC1CCS(=O)(=O)C1. The van der Waals surface area contributed by atoms with Gasteiger partial charge >= 0.3 is 0 Å². The molecule has 1 heterocycles. The van der Waals surface area contributed by atoms with Crippen molar-refractivity contribution in [2.75, 3.05) is 11.5 Å². The van der Waals surface area contributed by atoms with Gasteiger partial charge in [0.05, 0.1) is 11.5 Å². The summed E-state index contributed by atoms with van der Waals surface area (Å²) < 4.78 is 22.1. The number of nitrogens with one attached hydrogen (secondary N) is 1. The molecule has 1 amide bonds. The van der Waals surface area contributed by atoms with Gasteiger partial charge in [-0.05, 0) is 20.3 Å². The minimum absolute atomic E-state index is 0.0190. The van der Waals surface area contributed by atoms with Crippen molar-refractivity contribution in [3.63, 3.8) is 0 Å². The van der Waals surface area contributed by atoms with Crippen LogP contribution in [0.2, 0.25) is 0 Å². The van der Waals surface area contributed by atoms with E-state index in [1.807, 2.05) is 0 Å². The van der Waals surface area contributed by atoms with Crippen LogP contribution in [0.4, 0.5) is 0 Å². The molecule has 0 aromatic carbocycles. The Morgan fingerprint density at radius 1 is 1.50 bits per heavy atom.